The van der Waals surface area contributed by atoms with Crippen molar-refractivity contribution in [3.8, 4) is 0 Å². The minimum atomic E-state index is -2.30. The summed E-state index contributed by atoms with van der Waals surface area (Å²) >= 11 is 3.22. The summed E-state index contributed by atoms with van der Waals surface area (Å²) in [4.78, 5) is 9.45. The molecule has 0 aliphatic carbocycles. The monoisotopic (exact) mass is 221 g/mol. The first kappa shape index (κ1) is 10.1. The molecule has 0 radical (unpaired) electrons. The van der Waals surface area contributed by atoms with Crippen molar-refractivity contribution in [1.29, 1.82) is 0 Å². The molecule has 0 spiro atoms. The van der Waals surface area contributed by atoms with Crippen molar-refractivity contribution in [1.82, 2.24) is 0 Å². The molecule has 1 N–H and O–H groups in total. The minimum absolute atomic E-state index is 0.0337. The van der Waals surface area contributed by atoms with E-state index >= 15 is 0 Å². The van der Waals surface area contributed by atoms with Crippen LogP contribution in [-0.2, 0) is 11.1 Å². The van der Waals surface area contributed by atoms with E-state index in [-0.39, 0.29) is 15.6 Å². The molecular weight excluding hydrogens is 218 g/mol. The van der Waals surface area contributed by atoms with Crippen molar-refractivity contribution in [2.45, 2.75) is 4.90 Å². The Balaban J connectivity index is 3.27. The van der Waals surface area contributed by atoms with Gasteiger partial charge in [0.2, 0.25) is 0 Å². The Hall–Kier alpha value is -0.980. The summed E-state index contributed by atoms with van der Waals surface area (Å²) in [6.45, 7) is 0. The maximum atomic E-state index is 10.6. The first-order valence-corrected chi connectivity index (χ1v) is 4.55. The van der Waals surface area contributed by atoms with Crippen LogP contribution in [0.15, 0.2) is 23.1 Å². The third-order valence-corrected chi connectivity index (χ3v) is 2.47. The molecule has 1 aromatic carbocycles. The van der Waals surface area contributed by atoms with E-state index in [1.54, 1.807) is 0 Å². The van der Waals surface area contributed by atoms with Crippen LogP contribution >= 0.6 is 11.6 Å². The molecule has 1 unspecified atom stereocenters. The van der Waals surface area contributed by atoms with Gasteiger partial charge in [-0.2, -0.15) is 0 Å². The fraction of sp³-hybridized carbons (Fsp3) is 0. The molecule has 0 saturated heterocycles. The number of nitro groups is 1. The molecule has 1 rings (SSSR count). The van der Waals surface area contributed by atoms with Crippen LogP contribution in [0, 0.1) is 10.1 Å². The van der Waals surface area contributed by atoms with Crippen LogP contribution in [0.1, 0.15) is 0 Å². The molecule has 13 heavy (non-hydrogen) atoms. The predicted octanol–water partition coefficient (Wildman–Crippen LogP) is 1.83. The summed E-state index contributed by atoms with van der Waals surface area (Å²) in [5.74, 6) is 0. The summed E-state index contributed by atoms with van der Waals surface area (Å²) in [6.07, 6.45) is 0. The second-order valence-corrected chi connectivity index (χ2v) is 3.47. The van der Waals surface area contributed by atoms with Crippen LogP contribution in [0.5, 0.6) is 0 Å². The van der Waals surface area contributed by atoms with Crippen LogP contribution in [0.25, 0.3) is 0 Å². The summed E-state index contributed by atoms with van der Waals surface area (Å²) in [5, 5.41) is 10.3. The van der Waals surface area contributed by atoms with E-state index < -0.39 is 16.0 Å². The van der Waals surface area contributed by atoms with E-state index in [1.165, 1.54) is 12.1 Å². The third-order valence-electron chi connectivity index (χ3n) is 1.31. The molecule has 1 atom stereocenters. The van der Waals surface area contributed by atoms with Crippen molar-refractivity contribution in [3.63, 3.8) is 0 Å². The summed E-state index contributed by atoms with van der Waals surface area (Å²) in [5.41, 5.74) is -0.262. The Morgan fingerprint density at radius 2 is 2.15 bits per heavy atom. The normalized spacial score (nSPS) is 12.5. The molecule has 0 amide bonds. The molecule has 0 saturated carbocycles. The van der Waals surface area contributed by atoms with Crippen molar-refractivity contribution in [3.05, 3.63) is 33.3 Å². The van der Waals surface area contributed by atoms with E-state index in [0.29, 0.717) is 0 Å². The van der Waals surface area contributed by atoms with Crippen molar-refractivity contribution < 1.29 is 13.7 Å². The number of benzene rings is 1. The van der Waals surface area contributed by atoms with E-state index in [4.69, 9.17) is 16.2 Å². The zero-order valence-electron chi connectivity index (χ0n) is 6.14. The van der Waals surface area contributed by atoms with Gasteiger partial charge in [0.25, 0.3) is 5.69 Å². The Bertz CT molecular complexity index is 381. The summed E-state index contributed by atoms with van der Waals surface area (Å²) in [7, 11) is 0. The second kappa shape index (κ2) is 3.82. The maximum Gasteiger partial charge on any atom is 0.270 e. The van der Waals surface area contributed by atoms with Crippen molar-refractivity contribution >= 4 is 28.4 Å². The molecule has 1 aromatic rings. The molecular formula is C6H4ClNO4S. The van der Waals surface area contributed by atoms with Gasteiger partial charge < -0.3 is 4.55 Å². The second-order valence-electron chi connectivity index (χ2n) is 2.12. The zero-order valence-corrected chi connectivity index (χ0v) is 7.71. The Morgan fingerprint density at radius 1 is 1.54 bits per heavy atom. The smallest absolute Gasteiger partial charge is 0.270 e. The van der Waals surface area contributed by atoms with Gasteiger partial charge in [0.15, 0.2) is 11.1 Å². The van der Waals surface area contributed by atoms with Gasteiger partial charge in [-0.05, 0) is 6.07 Å². The lowest BCUT2D eigenvalue weighted by Gasteiger charge is -1.97. The number of hydrogen-bond donors (Lipinski definition) is 1. The molecule has 0 heterocycles. The Morgan fingerprint density at radius 3 is 2.62 bits per heavy atom. The lowest BCUT2D eigenvalue weighted by Crippen LogP contribution is -1.93. The van der Waals surface area contributed by atoms with Crippen molar-refractivity contribution in [2.75, 3.05) is 0 Å². The lowest BCUT2D eigenvalue weighted by atomic mass is 10.3. The predicted molar refractivity (Wildman–Crippen MR) is 47.1 cm³/mol. The molecule has 0 aromatic heterocycles. The Labute approximate surface area is 80.8 Å². The molecule has 0 aliphatic rings. The highest BCUT2D eigenvalue weighted by Gasteiger charge is 2.12. The first-order chi connectivity index (χ1) is 6.02. The fourth-order valence-electron chi connectivity index (χ4n) is 0.739. The molecule has 0 aliphatic heterocycles. The molecule has 5 nitrogen and oxygen atoms in total. The number of nitrogens with zero attached hydrogens (tertiary/aromatic N) is 1. The number of hydrogen-bond acceptors (Lipinski definition) is 3. The summed E-state index contributed by atoms with van der Waals surface area (Å²) < 4.78 is 19.3. The maximum absolute atomic E-state index is 10.6. The fourth-order valence-corrected chi connectivity index (χ4v) is 1.51. The first-order valence-electron chi connectivity index (χ1n) is 3.07. The standard InChI is InChI=1S/C6H4ClNO4S/c7-5-2-1-4(8(9)10)3-6(5)13(11)12/h1-3H,(H,11,12). The van der Waals surface area contributed by atoms with E-state index in [9.17, 15) is 14.3 Å². The third kappa shape index (κ3) is 2.24. The van der Waals surface area contributed by atoms with Crippen LogP contribution in [0.3, 0.4) is 0 Å². The lowest BCUT2D eigenvalue weighted by molar-refractivity contribution is -0.385. The average molecular weight is 222 g/mol. The van der Waals surface area contributed by atoms with Crippen molar-refractivity contribution in [2.24, 2.45) is 0 Å². The van der Waals surface area contributed by atoms with Gasteiger partial charge in [-0.3, -0.25) is 10.1 Å². The summed E-state index contributed by atoms with van der Waals surface area (Å²) in [6, 6.07) is 3.35. The van der Waals surface area contributed by atoms with Gasteiger partial charge >= 0.3 is 0 Å². The van der Waals surface area contributed by atoms with Gasteiger partial charge in [0.1, 0.15) is 0 Å². The van der Waals surface area contributed by atoms with Gasteiger partial charge in [-0.1, -0.05) is 11.6 Å². The van der Waals surface area contributed by atoms with Gasteiger partial charge in [-0.25, -0.2) is 4.21 Å². The Kier molecular flexibility index (Phi) is 2.97. The highest BCUT2D eigenvalue weighted by atomic mass is 35.5. The quantitative estimate of drug-likeness (QED) is 0.469. The SMILES string of the molecule is O=[N+]([O-])c1ccc(Cl)c(S(=O)O)c1. The minimum Gasteiger partial charge on any atom is -0.302 e. The van der Waals surface area contributed by atoms with Gasteiger partial charge in [0, 0.05) is 12.1 Å². The van der Waals surface area contributed by atoms with Crippen LogP contribution in [0.2, 0.25) is 5.02 Å². The van der Waals surface area contributed by atoms with Gasteiger partial charge in [0.05, 0.1) is 14.8 Å². The van der Waals surface area contributed by atoms with Crippen LogP contribution in [-0.4, -0.2) is 13.7 Å². The zero-order chi connectivity index (χ0) is 10.0. The topological polar surface area (TPSA) is 80.4 Å². The number of non-ortho nitro benzene ring substituents is 1. The van der Waals surface area contributed by atoms with Crippen LogP contribution in [0.4, 0.5) is 5.69 Å². The number of nitro benzene ring substituents is 1. The number of rotatable bonds is 2. The number of halogens is 1. The molecule has 70 valence electrons. The molecule has 7 heteroatoms. The molecule has 0 fully saturated rings. The highest BCUT2D eigenvalue weighted by Crippen LogP contribution is 2.23. The van der Waals surface area contributed by atoms with Crippen LogP contribution < -0.4 is 0 Å². The molecule has 0 bridgehead atoms. The average Bonchev–Trinajstić information content (AvgIpc) is 2.04. The van der Waals surface area contributed by atoms with E-state index in [2.05, 4.69) is 0 Å². The van der Waals surface area contributed by atoms with E-state index in [1.807, 2.05) is 0 Å². The van der Waals surface area contributed by atoms with Gasteiger partial charge in [-0.15, -0.1) is 0 Å². The largest absolute Gasteiger partial charge is 0.302 e. The highest BCUT2D eigenvalue weighted by molar-refractivity contribution is 7.79. The van der Waals surface area contributed by atoms with E-state index in [0.717, 1.165) is 6.07 Å².